The second-order valence-corrected chi connectivity index (χ2v) is 2.99. The lowest BCUT2D eigenvalue weighted by molar-refractivity contribution is 1.06. The standard InChI is InChI=1S/C8H7ClN4/c1-5-7(11-3-2-10-5)8-6(9)4-12-13-8/h2-4H,1H3,(H,12,13). The molecule has 0 fully saturated rings. The van der Waals surface area contributed by atoms with E-state index >= 15 is 0 Å². The molecule has 0 spiro atoms. The molecule has 0 aliphatic carbocycles. The molecule has 0 saturated heterocycles. The maximum Gasteiger partial charge on any atom is 0.111 e. The van der Waals surface area contributed by atoms with E-state index in [9.17, 15) is 0 Å². The van der Waals surface area contributed by atoms with E-state index in [1.807, 2.05) is 6.92 Å². The van der Waals surface area contributed by atoms with E-state index in [1.165, 1.54) is 0 Å². The highest BCUT2D eigenvalue weighted by Gasteiger charge is 2.09. The zero-order valence-electron chi connectivity index (χ0n) is 6.95. The van der Waals surface area contributed by atoms with Gasteiger partial charge in [0.15, 0.2) is 0 Å². The SMILES string of the molecule is Cc1nccnc1-c1[nH]ncc1Cl. The average molecular weight is 195 g/mol. The number of halogens is 1. The minimum atomic E-state index is 0.559. The Kier molecular flexibility index (Phi) is 1.98. The van der Waals surface area contributed by atoms with Crippen molar-refractivity contribution in [1.29, 1.82) is 0 Å². The van der Waals surface area contributed by atoms with Gasteiger partial charge in [0.05, 0.1) is 16.9 Å². The summed E-state index contributed by atoms with van der Waals surface area (Å²) in [5.41, 5.74) is 2.28. The van der Waals surface area contributed by atoms with E-state index < -0.39 is 0 Å². The van der Waals surface area contributed by atoms with Gasteiger partial charge in [-0.25, -0.2) is 0 Å². The van der Waals surface area contributed by atoms with Gasteiger partial charge in [-0.3, -0.25) is 15.1 Å². The van der Waals surface area contributed by atoms with Gasteiger partial charge in [0.25, 0.3) is 0 Å². The Balaban J connectivity index is 2.59. The lowest BCUT2D eigenvalue weighted by atomic mass is 10.2. The Labute approximate surface area is 80.0 Å². The molecule has 0 unspecified atom stereocenters. The van der Waals surface area contributed by atoms with Crippen molar-refractivity contribution in [3.63, 3.8) is 0 Å². The van der Waals surface area contributed by atoms with Crippen LogP contribution in [0.15, 0.2) is 18.6 Å². The number of aromatic nitrogens is 4. The topological polar surface area (TPSA) is 54.5 Å². The molecule has 0 aliphatic rings. The predicted octanol–water partition coefficient (Wildman–Crippen LogP) is 1.83. The van der Waals surface area contributed by atoms with Gasteiger partial charge in [0.2, 0.25) is 0 Å². The minimum Gasteiger partial charge on any atom is -0.275 e. The van der Waals surface area contributed by atoms with Crippen molar-refractivity contribution < 1.29 is 0 Å². The van der Waals surface area contributed by atoms with Crippen LogP contribution < -0.4 is 0 Å². The summed E-state index contributed by atoms with van der Waals surface area (Å²) in [6.07, 6.45) is 4.81. The van der Waals surface area contributed by atoms with Gasteiger partial charge < -0.3 is 0 Å². The molecule has 1 N–H and O–H groups in total. The van der Waals surface area contributed by atoms with Gasteiger partial charge >= 0.3 is 0 Å². The van der Waals surface area contributed by atoms with Crippen LogP contribution in [-0.4, -0.2) is 20.2 Å². The van der Waals surface area contributed by atoms with Crippen molar-refractivity contribution in [3.8, 4) is 11.4 Å². The van der Waals surface area contributed by atoms with Crippen molar-refractivity contribution in [3.05, 3.63) is 29.3 Å². The smallest absolute Gasteiger partial charge is 0.111 e. The summed E-state index contributed by atoms with van der Waals surface area (Å²) in [6, 6.07) is 0. The molecule has 2 rings (SSSR count). The number of aromatic amines is 1. The van der Waals surface area contributed by atoms with Crippen LogP contribution in [0.1, 0.15) is 5.69 Å². The molecular weight excluding hydrogens is 188 g/mol. The van der Waals surface area contributed by atoms with Crippen LogP contribution in [0, 0.1) is 6.92 Å². The van der Waals surface area contributed by atoms with Crippen LogP contribution in [-0.2, 0) is 0 Å². The molecule has 5 heteroatoms. The molecular formula is C8H7ClN4. The quantitative estimate of drug-likeness (QED) is 0.754. The monoisotopic (exact) mass is 194 g/mol. The number of nitrogens with one attached hydrogen (secondary N) is 1. The van der Waals surface area contributed by atoms with E-state index in [4.69, 9.17) is 11.6 Å². The van der Waals surface area contributed by atoms with Crippen molar-refractivity contribution in [2.75, 3.05) is 0 Å². The fourth-order valence-electron chi connectivity index (χ4n) is 1.09. The molecule has 2 aromatic heterocycles. The fourth-order valence-corrected chi connectivity index (χ4v) is 1.27. The molecule has 0 aliphatic heterocycles. The summed E-state index contributed by atoms with van der Waals surface area (Å²) in [4.78, 5) is 8.27. The van der Waals surface area contributed by atoms with Gasteiger partial charge in [-0.1, -0.05) is 11.6 Å². The second kappa shape index (κ2) is 3.14. The summed E-state index contributed by atoms with van der Waals surface area (Å²) in [7, 11) is 0. The van der Waals surface area contributed by atoms with E-state index in [0.717, 1.165) is 11.4 Å². The van der Waals surface area contributed by atoms with Crippen LogP contribution in [0.25, 0.3) is 11.4 Å². The van der Waals surface area contributed by atoms with Crippen molar-refractivity contribution >= 4 is 11.6 Å². The maximum absolute atomic E-state index is 5.88. The van der Waals surface area contributed by atoms with Gasteiger partial charge in [0.1, 0.15) is 11.4 Å². The second-order valence-electron chi connectivity index (χ2n) is 2.58. The predicted molar refractivity (Wildman–Crippen MR) is 49.4 cm³/mol. The largest absolute Gasteiger partial charge is 0.275 e. The Morgan fingerprint density at radius 1 is 1.31 bits per heavy atom. The molecule has 13 heavy (non-hydrogen) atoms. The molecule has 4 nitrogen and oxygen atoms in total. The van der Waals surface area contributed by atoms with E-state index in [2.05, 4.69) is 20.2 Å². The van der Waals surface area contributed by atoms with Crippen molar-refractivity contribution in [1.82, 2.24) is 20.2 Å². The molecule has 0 radical (unpaired) electrons. The number of nitrogens with zero attached hydrogens (tertiary/aromatic N) is 3. The third kappa shape index (κ3) is 1.40. The molecule has 0 amide bonds. The zero-order valence-corrected chi connectivity index (χ0v) is 7.71. The highest BCUT2D eigenvalue weighted by Crippen LogP contribution is 2.24. The number of H-pyrrole nitrogens is 1. The summed E-state index contributed by atoms with van der Waals surface area (Å²) >= 11 is 5.88. The molecule has 0 aromatic carbocycles. The summed E-state index contributed by atoms with van der Waals surface area (Å²) in [5, 5.41) is 7.15. The number of rotatable bonds is 1. The summed E-state index contributed by atoms with van der Waals surface area (Å²) < 4.78 is 0. The van der Waals surface area contributed by atoms with Gasteiger partial charge in [-0.15, -0.1) is 0 Å². The highest BCUT2D eigenvalue weighted by atomic mass is 35.5. The average Bonchev–Trinajstić information content (AvgIpc) is 2.52. The van der Waals surface area contributed by atoms with Crippen LogP contribution in [0.5, 0.6) is 0 Å². The lowest BCUT2D eigenvalue weighted by Crippen LogP contribution is -1.91. The first-order chi connectivity index (χ1) is 6.29. The number of aryl methyl sites for hydroxylation is 1. The Morgan fingerprint density at radius 2 is 2.08 bits per heavy atom. The zero-order chi connectivity index (χ0) is 9.26. The van der Waals surface area contributed by atoms with Crippen LogP contribution in [0.2, 0.25) is 5.02 Å². The van der Waals surface area contributed by atoms with Crippen LogP contribution >= 0.6 is 11.6 Å². The summed E-state index contributed by atoms with van der Waals surface area (Å²) in [5.74, 6) is 0. The van der Waals surface area contributed by atoms with Crippen molar-refractivity contribution in [2.45, 2.75) is 6.92 Å². The third-order valence-electron chi connectivity index (χ3n) is 1.71. The molecule has 2 heterocycles. The summed E-state index contributed by atoms with van der Waals surface area (Å²) in [6.45, 7) is 1.87. The van der Waals surface area contributed by atoms with Crippen molar-refractivity contribution in [2.24, 2.45) is 0 Å². The first-order valence-electron chi connectivity index (χ1n) is 3.76. The molecule has 0 saturated carbocycles. The third-order valence-corrected chi connectivity index (χ3v) is 2.00. The molecule has 0 bridgehead atoms. The molecule has 66 valence electrons. The van der Waals surface area contributed by atoms with Crippen LogP contribution in [0.4, 0.5) is 0 Å². The molecule has 2 aromatic rings. The number of hydrogen-bond donors (Lipinski definition) is 1. The fraction of sp³-hybridized carbons (Fsp3) is 0.125. The maximum atomic E-state index is 5.88. The highest BCUT2D eigenvalue weighted by molar-refractivity contribution is 6.32. The Bertz CT molecular complexity index is 424. The van der Waals surface area contributed by atoms with Gasteiger partial charge in [0, 0.05) is 12.4 Å². The first-order valence-corrected chi connectivity index (χ1v) is 4.13. The minimum absolute atomic E-state index is 0.559. The normalized spacial score (nSPS) is 10.3. The Morgan fingerprint density at radius 3 is 2.69 bits per heavy atom. The number of hydrogen-bond acceptors (Lipinski definition) is 3. The van der Waals surface area contributed by atoms with Gasteiger partial charge in [-0.2, -0.15) is 5.10 Å². The van der Waals surface area contributed by atoms with E-state index in [1.54, 1.807) is 18.6 Å². The molecule has 0 atom stereocenters. The van der Waals surface area contributed by atoms with Crippen LogP contribution in [0.3, 0.4) is 0 Å². The lowest BCUT2D eigenvalue weighted by Gasteiger charge is -1.99. The van der Waals surface area contributed by atoms with E-state index in [0.29, 0.717) is 10.7 Å². The first kappa shape index (κ1) is 8.19. The van der Waals surface area contributed by atoms with E-state index in [-0.39, 0.29) is 0 Å². The Hall–Kier alpha value is -1.42. The van der Waals surface area contributed by atoms with Gasteiger partial charge in [-0.05, 0) is 6.92 Å².